The van der Waals surface area contributed by atoms with Gasteiger partial charge in [0.1, 0.15) is 39.5 Å². The van der Waals surface area contributed by atoms with Gasteiger partial charge >= 0.3 is 17.9 Å². The summed E-state index contributed by atoms with van der Waals surface area (Å²) in [6.45, 7) is 10.5. The number of esters is 3. The van der Waals surface area contributed by atoms with Crippen LogP contribution in [0.15, 0.2) is 36.5 Å². The fourth-order valence-corrected chi connectivity index (χ4v) is 8.54. The lowest BCUT2D eigenvalue weighted by atomic mass is 10.1. The van der Waals surface area contributed by atoms with Crippen LogP contribution in [0.1, 0.15) is 297 Å². The van der Waals surface area contributed by atoms with Crippen molar-refractivity contribution in [3.8, 4) is 0 Å². The number of rotatable bonds is 54. The number of hydrogen-bond acceptors (Lipinski definition) is 8. The number of quaternary nitrogens is 1. The first-order chi connectivity index (χ1) is 34.8. The smallest absolute Gasteiger partial charge is 0.305 e. The van der Waals surface area contributed by atoms with Gasteiger partial charge in [-0.3, -0.25) is 14.4 Å². The number of aliphatic carboxylic acids is 1. The number of unbranched alkanes of at least 4 members (excludes halogenated alkanes) is 33. The van der Waals surface area contributed by atoms with Crippen LogP contribution in [0.25, 0.3) is 0 Å². The molecule has 1 N–H and O–H groups in total. The summed E-state index contributed by atoms with van der Waals surface area (Å²) in [6.07, 6.45) is 63.5. The molecule has 0 aromatic rings. The number of carboxylic acids is 1. The van der Waals surface area contributed by atoms with Crippen LogP contribution < -0.4 is 10.0 Å². The Labute approximate surface area is 438 Å². The van der Waals surface area contributed by atoms with Crippen LogP contribution in [0.5, 0.6) is 0 Å². The Morgan fingerprint density at radius 2 is 0.507 bits per heavy atom. The third-order valence-corrected chi connectivity index (χ3v) is 13.1. The van der Waals surface area contributed by atoms with E-state index in [1.54, 1.807) is 0 Å². The van der Waals surface area contributed by atoms with Crippen LogP contribution in [0.3, 0.4) is 0 Å². The largest absolute Gasteiger partial charge is 0.550 e. The molecular formula is C62H115NO8. The number of carboxylic acid groups (broad SMARTS) is 1. The van der Waals surface area contributed by atoms with Crippen molar-refractivity contribution in [1.29, 1.82) is 0 Å². The maximum Gasteiger partial charge on any atom is 0.305 e. The van der Waals surface area contributed by atoms with Crippen molar-refractivity contribution in [3.63, 3.8) is 0 Å². The monoisotopic (exact) mass is 1000 g/mol. The number of nitrogens with one attached hydrogen (secondary N) is 1. The minimum absolute atomic E-state index is 0.144. The van der Waals surface area contributed by atoms with Gasteiger partial charge in [-0.15, -0.1) is 0 Å². The van der Waals surface area contributed by atoms with Crippen LogP contribution in [-0.2, 0) is 33.4 Å². The molecule has 0 saturated carbocycles. The van der Waals surface area contributed by atoms with Crippen molar-refractivity contribution in [3.05, 3.63) is 36.5 Å². The standard InChI is InChI=1S/C60H111NO6.C2H4O2/c1-4-7-10-13-16-19-22-25-28-31-34-37-40-43-46-49-58(62)65-55-52-61(53-56-66-59(63)50-47-44-41-38-35-32-29-26-23-20-17-14-11-8-5-2)54-57-67-60(64)51-48-45-42-39-36-33-30-27-24-21-18-15-12-9-6-3;1-2(3)4/h25-30H,4-24,31-57H2,1-3H3;1H3,(H,3,4)/b28-25+,29-26+,30-27+;. The molecule has 0 saturated heterocycles. The van der Waals surface area contributed by atoms with Gasteiger partial charge in [0.15, 0.2) is 0 Å². The highest BCUT2D eigenvalue weighted by molar-refractivity contribution is 5.69. The van der Waals surface area contributed by atoms with Crippen molar-refractivity contribution in [1.82, 2.24) is 0 Å². The van der Waals surface area contributed by atoms with E-state index in [-0.39, 0.29) is 17.9 Å². The molecule has 9 heteroatoms. The van der Waals surface area contributed by atoms with Crippen molar-refractivity contribution in [2.45, 2.75) is 297 Å². The van der Waals surface area contributed by atoms with Gasteiger partial charge in [-0.05, 0) is 103 Å². The van der Waals surface area contributed by atoms with Crippen LogP contribution in [-0.4, -0.2) is 63.3 Å². The van der Waals surface area contributed by atoms with E-state index in [0.29, 0.717) is 58.7 Å². The fraction of sp³-hybridized carbons (Fsp3) is 0.839. The van der Waals surface area contributed by atoms with E-state index in [1.807, 2.05) is 0 Å². The van der Waals surface area contributed by atoms with Gasteiger partial charge in [0.25, 0.3) is 0 Å². The van der Waals surface area contributed by atoms with Crippen LogP contribution in [0, 0.1) is 0 Å². The van der Waals surface area contributed by atoms with E-state index in [2.05, 4.69) is 57.2 Å². The van der Waals surface area contributed by atoms with E-state index >= 15 is 0 Å². The predicted octanol–water partition coefficient (Wildman–Crippen LogP) is 15.4. The molecule has 0 radical (unpaired) electrons. The van der Waals surface area contributed by atoms with Gasteiger partial charge in [-0.25, -0.2) is 0 Å². The Bertz CT molecular complexity index is 1090. The topological polar surface area (TPSA) is 123 Å². The van der Waals surface area contributed by atoms with E-state index in [9.17, 15) is 14.4 Å². The summed E-state index contributed by atoms with van der Waals surface area (Å²) in [7, 11) is 0. The average Bonchev–Trinajstić information content (AvgIpc) is 3.34. The lowest BCUT2D eigenvalue weighted by Crippen LogP contribution is -3.13. The molecule has 416 valence electrons. The molecule has 0 aliphatic carbocycles. The third kappa shape index (κ3) is 65.0. The Hall–Kier alpha value is -2.94. The van der Waals surface area contributed by atoms with Crippen LogP contribution in [0.4, 0.5) is 0 Å². The number of allylic oxidation sites excluding steroid dienone is 6. The number of carbonyl (C=O) groups excluding carboxylic acids is 4. The zero-order chi connectivity index (χ0) is 52.2. The molecule has 9 nitrogen and oxygen atoms in total. The quantitative estimate of drug-likeness (QED) is 0.0277. The van der Waals surface area contributed by atoms with Gasteiger partial charge in [0.05, 0.1) is 0 Å². The summed E-state index contributed by atoms with van der Waals surface area (Å²) in [5, 5.41) is 8.89. The summed E-state index contributed by atoms with van der Waals surface area (Å²) in [5.41, 5.74) is 0. The molecule has 0 fully saturated rings. The second kappa shape index (κ2) is 61.4. The van der Waals surface area contributed by atoms with E-state index < -0.39 is 5.97 Å². The lowest BCUT2D eigenvalue weighted by molar-refractivity contribution is -0.900. The van der Waals surface area contributed by atoms with Gasteiger partial charge < -0.3 is 29.0 Å². The van der Waals surface area contributed by atoms with Crippen molar-refractivity contribution < 1.29 is 43.4 Å². The second-order valence-corrected chi connectivity index (χ2v) is 20.2. The first kappa shape index (κ1) is 70.1. The highest BCUT2D eigenvalue weighted by Gasteiger charge is 2.14. The van der Waals surface area contributed by atoms with Crippen molar-refractivity contribution in [2.75, 3.05) is 39.5 Å². The molecule has 0 aromatic carbocycles. The van der Waals surface area contributed by atoms with Gasteiger partial charge in [0, 0.05) is 25.2 Å². The third-order valence-electron chi connectivity index (χ3n) is 13.1. The number of hydrogen-bond donors (Lipinski definition) is 1. The first-order valence-electron chi connectivity index (χ1n) is 30.2. The van der Waals surface area contributed by atoms with Gasteiger partial charge in [-0.2, -0.15) is 0 Å². The second-order valence-electron chi connectivity index (χ2n) is 20.2. The normalized spacial score (nSPS) is 11.5. The Kier molecular flexibility index (Phi) is 60.6. The maximum atomic E-state index is 12.5. The summed E-state index contributed by atoms with van der Waals surface area (Å²) in [5.74, 6) is -1.51. The molecule has 0 atom stereocenters. The zero-order valence-corrected chi connectivity index (χ0v) is 47.2. The Morgan fingerprint density at radius 3 is 0.718 bits per heavy atom. The lowest BCUT2D eigenvalue weighted by Gasteiger charge is -2.19. The molecule has 0 amide bonds. The number of ether oxygens (including phenoxy) is 3. The highest BCUT2D eigenvalue weighted by atomic mass is 16.5. The molecule has 0 aliphatic rings. The molecule has 0 rings (SSSR count). The molecular weight excluding hydrogens is 887 g/mol. The van der Waals surface area contributed by atoms with E-state index in [0.717, 1.165) is 88.9 Å². The highest BCUT2D eigenvalue weighted by Crippen LogP contribution is 2.14. The number of carbonyl (C=O) groups is 4. The molecule has 0 aliphatic heterocycles. The molecule has 0 bridgehead atoms. The summed E-state index contributed by atoms with van der Waals surface area (Å²) in [6, 6.07) is 0. The summed E-state index contributed by atoms with van der Waals surface area (Å²) in [4.78, 5) is 47.6. The van der Waals surface area contributed by atoms with Crippen molar-refractivity contribution in [2.24, 2.45) is 0 Å². The SMILES string of the molecule is CC(=O)[O-].CCCCCCCC/C=C/CCCCCCCC(=O)OCC[NH+](CCOC(=O)CCCCCCC/C=C/CCCCCCCC)CCOC(=O)CCCCCCC/C=C/CCCCCCCC. The van der Waals surface area contributed by atoms with Gasteiger partial charge in [-0.1, -0.05) is 211 Å². The van der Waals surface area contributed by atoms with Crippen LogP contribution in [0.2, 0.25) is 0 Å². The fourth-order valence-electron chi connectivity index (χ4n) is 8.54. The zero-order valence-electron chi connectivity index (χ0n) is 47.2. The molecule has 0 aromatic heterocycles. The van der Waals surface area contributed by atoms with E-state index in [1.165, 1.54) is 173 Å². The van der Waals surface area contributed by atoms with Gasteiger partial charge in [0.2, 0.25) is 0 Å². The average molecular weight is 1000 g/mol. The van der Waals surface area contributed by atoms with Crippen LogP contribution >= 0.6 is 0 Å². The molecule has 71 heavy (non-hydrogen) atoms. The molecule has 0 unspecified atom stereocenters. The molecule has 0 heterocycles. The Morgan fingerprint density at radius 1 is 0.324 bits per heavy atom. The summed E-state index contributed by atoms with van der Waals surface area (Å²) >= 11 is 0. The minimum atomic E-state index is -1.08. The van der Waals surface area contributed by atoms with E-state index in [4.69, 9.17) is 24.1 Å². The predicted molar refractivity (Wildman–Crippen MR) is 297 cm³/mol. The molecule has 0 spiro atoms. The first-order valence-corrected chi connectivity index (χ1v) is 30.2. The Balaban J connectivity index is 0. The van der Waals surface area contributed by atoms with Crippen molar-refractivity contribution >= 4 is 23.9 Å². The minimum Gasteiger partial charge on any atom is -0.550 e. The summed E-state index contributed by atoms with van der Waals surface area (Å²) < 4.78 is 16.9. The maximum absolute atomic E-state index is 12.5.